The van der Waals surface area contributed by atoms with E-state index in [1.54, 1.807) is 11.3 Å². The number of hydrogen-bond donors (Lipinski definition) is 0. The quantitative estimate of drug-likeness (QED) is 0.690. The van der Waals surface area contributed by atoms with Gasteiger partial charge in [-0.25, -0.2) is 9.97 Å². The number of carbonyl (C=O) groups excluding carboxylic acids is 1. The third kappa shape index (κ3) is 3.80. The molecule has 1 fully saturated rings. The molecule has 0 aliphatic carbocycles. The third-order valence-electron chi connectivity index (χ3n) is 5.14. The summed E-state index contributed by atoms with van der Waals surface area (Å²) in [5.74, 6) is 1.82. The molecule has 1 aromatic carbocycles. The minimum absolute atomic E-state index is 0.260. The zero-order chi connectivity index (χ0) is 17.9. The van der Waals surface area contributed by atoms with E-state index >= 15 is 0 Å². The molecule has 1 amide bonds. The lowest BCUT2D eigenvalue weighted by molar-refractivity contribution is -0.133. The first-order valence-electron chi connectivity index (χ1n) is 9.29. The van der Waals surface area contributed by atoms with E-state index in [1.807, 2.05) is 42.4 Å². The van der Waals surface area contributed by atoms with E-state index in [0.29, 0.717) is 12.3 Å². The Hall–Kier alpha value is -2.21. The first kappa shape index (κ1) is 17.2. The van der Waals surface area contributed by atoms with Gasteiger partial charge in [-0.05, 0) is 37.8 Å². The number of benzene rings is 1. The van der Waals surface area contributed by atoms with E-state index in [9.17, 15) is 4.79 Å². The van der Waals surface area contributed by atoms with Gasteiger partial charge in [-0.3, -0.25) is 4.79 Å². The summed E-state index contributed by atoms with van der Waals surface area (Å²) < 4.78 is 3.39. The summed E-state index contributed by atoms with van der Waals surface area (Å²) in [6, 6.07) is 8.16. The maximum Gasteiger partial charge on any atom is 0.222 e. The summed E-state index contributed by atoms with van der Waals surface area (Å²) in [4.78, 5) is 23.7. The Balaban J connectivity index is 1.33. The second-order valence-corrected chi connectivity index (χ2v) is 8.17. The number of fused-ring (bicyclic) bond motifs is 1. The predicted octanol–water partition coefficient (Wildman–Crippen LogP) is 3.67. The van der Waals surface area contributed by atoms with Crippen LogP contribution < -0.4 is 0 Å². The molecule has 1 aliphatic rings. The maximum absolute atomic E-state index is 12.7. The van der Waals surface area contributed by atoms with Crippen molar-refractivity contribution in [1.29, 1.82) is 0 Å². The molecule has 3 heterocycles. The van der Waals surface area contributed by atoms with Crippen molar-refractivity contribution in [2.24, 2.45) is 5.92 Å². The third-order valence-corrected chi connectivity index (χ3v) is 6.24. The van der Waals surface area contributed by atoms with Crippen LogP contribution in [0.4, 0.5) is 0 Å². The fourth-order valence-electron chi connectivity index (χ4n) is 3.71. The van der Waals surface area contributed by atoms with Gasteiger partial charge in [0, 0.05) is 44.9 Å². The molecule has 0 radical (unpaired) electrons. The molecular formula is C20H24N4OS. The van der Waals surface area contributed by atoms with Gasteiger partial charge in [-0.1, -0.05) is 12.1 Å². The number of likely N-dealkylation sites (tertiary alicyclic amines) is 1. The van der Waals surface area contributed by atoms with Crippen molar-refractivity contribution in [3.8, 4) is 0 Å². The number of carbonyl (C=O) groups is 1. The molecule has 136 valence electrons. The van der Waals surface area contributed by atoms with Crippen molar-refractivity contribution in [1.82, 2.24) is 19.4 Å². The Morgan fingerprint density at radius 1 is 1.35 bits per heavy atom. The van der Waals surface area contributed by atoms with Crippen molar-refractivity contribution < 1.29 is 4.79 Å². The number of imidazole rings is 1. The van der Waals surface area contributed by atoms with Gasteiger partial charge >= 0.3 is 0 Å². The van der Waals surface area contributed by atoms with Gasteiger partial charge in [0.25, 0.3) is 0 Å². The zero-order valence-electron chi connectivity index (χ0n) is 15.1. The SMILES string of the molecule is Cc1nccn1C[C@H]1CCCN(C(=O)CCc2nc3ccccc3s2)C1. The molecular weight excluding hydrogens is 344 g/mol. The van der Waals surface area contributed by atoms with Gasteiger partial charge in [0.05, 0.1) is 15.2 Å². The number of rotatable bonds is 5. The van der Waals surface area contributed by atoms with Crippen LogP contribution in [0, 0.1) is 12.8 Å². The highest BCUT2D eigenvalue weighted by atomic mass is 32.1. The summed E-state index contributed by atoms with van der Waals surface area (Å²) in [7, 11) is 0. The largest absolute Gasteiger partial charge is 0.342 e. The van der Waals surface area contributed by atoms with Gasteiger partial charge in [0.1, 0.15) is 5.82 Å². The van der Waals surface area contributed by atoms with Crippen LogP contribution in [-0.4, -0.2) is 38.4 Å². The van der Waals surface area contributed by atoms with Gasteiger partial charge in [0.15, 0.2) is 0 Å². The van der Waals surface area contributed by atoms with E-state index in [0.717, 1.165) is 48.8 Å². The Morgan fingerprint density at radius 2 is 2.23 bits per heavy atom. The second-order valence-electron chi connectivity index (χ2n) is 7.05. The van der Waals surface area contributed by atoms with E-state index < -0.39 is 0 Å². The normalized spacial score (nSPS) is 17.7. The Morgan fingerprint density at radius 3 is 3.04 bits per heavy atom. The summed E-state index contributed by atoms with van der Waals surface area (Å²) in [6.45, 7) is 4.73. The first-order valence-corrected chi connectivity index (χ1v) is 10.1. The predicted molar refractivity (Wildman–Crippen MR) is 104 cm³/mol. The lowest BCUT2D eigenvalue weighted by Gasteiger charge is -2.33. The zero-order valence-corrected chi connectivity index (χ0v) is 15.9. The molecule has 5 nitrogen and oxygen atoms in total. The molecule has 3 aromatic rings. The minimum Gasteiger partial charge on any atom is -0.342 e. The number of thiazole rings is 1. The summed E-state index contributed by atoms with van der Waals surface area (Å²) in [5, 5.41) is 1.06. The van der Waals surface area contributed by atoms with Crippen molar-refractivity contribution in [3.05, 3.63) is 47.5 Å². The average molecular weight is 369 g/mol. The van der Waals surface area contributed by atoms with Gasteiger partial charge in [-0.15, -0.1) is 11.3 Å². The van der Waals surface area contributed by atoms with Gasteiger partial charge < -0.3 is 9.47 Å². The molecule has 1 saturated heterocycles. The van der Waals surface area contributed by atoms with Crippen LogP contribution in [0.1, 0.15) is 30.1 Å². The number of hydrogen-bond acceptors (Lipinski definition) is 4. The number of aromatic nitrogens is 3. The topological polar surface area (TPSA) is 51.0 Å². The Kier molecular flexibility index (Phi) is 5.02. The van der Waals surface area contributed by atoms with Crippen molar-refractivity contribution >= 4 is 27.5 Å². The average Bonchev–Trinajstić information content (AvgIpc) is 3.26. The summed E-state index contributed by atoms with van der Waals surface area (Å²) in [6.07, 6.45) is 7.43. The molecule has 1 aliphatic heterocycles. The highest BCUT2D eigenvalue weighted by Crippen LogP contribution is 2.24. The molecule has 26 heavy (non-hydrogen) atoms. The van der Waals surface area contributed by atoms with Crippen LogP contribution in [0.25, 0.3) is 10.2 Å². The lowest BCUT2D eigenvalue weighted by Crippen LogP contribution is -2.41. The highest BCUT2D eigenvalue weighted by Gasteiger charge is 2.24. The maximum atomic E-state index is 12.7. The molecule has 6 heteroatoms. The number of aryl methyl sites for hydroxylation is 2. The van der Waals surface area contributed by atoms with Gasteiger partial charge in [-0.2, -0.15) is 0 Å². The Bertz CT molecular complexity index is 867. The number of piperidine rings is 1. The van der Waals surface area contributed by atoms with Gasteiger partial charge in [0.2, 0.25) is 5.91 Å². The van der Waals surface area contributed by atoms with Crippen LogP contribution >= 0.6 is 11.3 Å². The molecule has 0 N–H and O–H groups in total. The molecule has 0 spiro atoms. The summed E-state index contributed by atoms with van der Waals surface area (Å²) >= 11 is 1.70. The monoisotopic (exact) mass is 368 g/mol. The lowest BCUT2D eigenvalue weighted by atomic mass is 9.97. The Labute approximate surface area is 157 Å². The van der Waals surface area contributed by atoms with Crippen molar-refractivity contribution in [2.75, 3.05) is 13.1 Å². The molecule has 0 saturated carbocycles. The summed E-state index contributed by atoms with van der Waals surface area (Å²) in [5.41, 5.74) is 1.04. The standard InChI is InChI=1S/C20H24N4OS/c1-15-21-10-12-23(15)13-16-5-4-11-24(14-16)20(25)9-8-19-22-17-6-2-3-7-18(17)26-19/h2-3,6-7,10,12,16H,4-5,8-9,11,13-14H2,1H3/t16-/m1/s1. The van der Waals surface area contributed by atoms with E-state index in [1.165, 1.54) is 11.1 Å². The van der Waals surface area contributed by atoms with Crippen LogP contribution in [0.5, 0.6) is 0 Å². The fourth-order valence-corrected chi connectivity index (χ4v) is 4.68. The molecule has 4 rings (SSSR count). The van der Waals surface area contributed by atoms with Crippen molar-refractivity contribution in [3.63, 3.8) is 0 Å². The van der Waals surface area contributed by atoms with E-state index in [4.69, 9.17) is 0 Å². The molecule has 2 aromatic heterocycles. The van der Waals surface area contributed by atoms with Crippen LogP contribution in [-0.2, 0) is 17.8 Å². The molecule has 0 unspecified atom stereocenters. The van der Waals surface area contributed by atoms with Crippen LogP contribution in [0.3, 0.4) is 0 Å². The van der Waals surface area contributed by atoms with Crippen LogP contribution in [0.2, 0.25) is 0 Å². The van der Waals surface area contributed by atoms with E-state index in [2.05, 4.69) is 20.6 Å². The minimum atomic E-state index is 0.260. The van der Waals surface area contributed by atoms with Crippen LogP contribution in [0.15, 0.2) is 36.7 Å². The van der Waals surface area contributed by atoms with E-state index in [-0.39, 0.29) is 5.91 Å². The highest BCUT2D eigenvalue weighted by molar-refractivity contribution is 7.18. The number of para-hydroxylation sites is 1. The first-order chi connectivity index (χ1) is 12.7. The molecule has 0 bridgehead atoms. The number of nitrogens with zero attached hydrogens (tertiary/aromatic N) is 4. The number of amides is 1. The fraction of sp³-hybridized carbons (Fsp3) is 0.450. The smallest absolute Gasteiger partial charge is 0.222 e. The molecule has 1 atom stereocenters. The van der Waals surface area contributed by atoms with Crippen molar-refractivity contribution in [2.45, 2.75) is 39.2 Å². The second kappa shape index (κ2) is 7.58.